The molecule has 0 saturated carbocycles. The van der Waals surface area contributed by atoms with Crippen LogP contribution in [0.25, 0.3) is 0 Å². The zero-order chi connectivity index (χ0) is 11.5. The van der Waals surface area contributed by atoms with Crippen molar-refractivity contribution in [2.75, 3.05) is 11.9 Å². The second-order valence-corrected chi connectivity index (χ2v) is 5.24. The van der Waals surface area contributed by atoms with Gasteiger partial charge in [-0.15, -0.1) is 0 Å². The summed E-state index contributed by atoms with van der Waals surface area (Å²) in [5, 5.41) is 1.56. The zero-order valence-corrected chi connectivity index (χ0v) is 11.3. The minimum Gasteiger partial charge on any atom is -0.295 e. The molecular formula is C12H14BrClFN. The molecule has 4 heteroatoms. The maximum atomic E-state index is 13.6. The Bertz CT molecular complexity index is 372. The fourth-order valence-electron chi connectivity index (χ4n) is 2.16. The van der Waals surface area contributed by atoms with Crippen molar-refractivity contribution in [1.82, 2.24) is 4.90 Å². The molecule has 1 unspecified atom stereocenters. The molecule has 1 aliphatic rings. The molecule has 16 heavy (non-hydrogen) atoms. The van der Waals surface area contributed by atoms with Crippen molar-refractivity contribution in [2.45, 2.75) is 25.4 Å². The lowest BCUT2D eigenvalue weighted by Crippen LogP contribution is -2.30. The van der Waals surface area contributed by atoms with E-state index in [-0.39, 0.29) is 5.82 Å². The monoisotopic (exact) mass is 305 g/mol. The Balaban J connectivity index is 2.11. The van der Waals surface area contributed by atoms with Crippen molar-refractivity contribution in [1.29, 1.82) is 0 Å². The first-order valence-electron chi connectivity index (χ1n) is 5.44. The third kappa shape index (κ3) is 2.76. The van der Waals surface area contributed by atoms with E-state index in [1.165, 1.54) is 18.9 Å². The van der Waals surface area contributed by atoms with Gasteiger partial charge in [-0.1, -0.05) is 27.5 Å². The zero-order valence-electron chi connectivity index (χ0n) is 8.93. The van der Waals surface area contributed by atoms with E-state index in [0.717, 1.165) is 11.9 Å². The third-order valence-corrected chi connectivity index (χ3v) is 4.04. The number of alkyl halides is 1. The normalized spacial score (nSPS) is 21.6. The van der Waals surface area contributed by atoms with Crippen LogP contribution in [-0.2, 0) is 6.54 Å². The highest BCUT2D eigenvalue weighted by Crippen LogP contribution is 2.23. The molecule has 1 atom stereocenters. The second-order valence-electron chi connectivity index (χ2n) is 4.16. The summed E-state index contributed by atoms with van der Waals surface area (Å²) in [7, 11) is 0. The van der Waals surface area contributed by atoms with Gasteiger partial charge in [-0.3, -0.25) is 4.90 Å². The molecule has 0 bridgehead atoms. The summed E-state index contributed by atoms with van der Waals surface area (Å²) in [6.45, 7) is 1.70. The summed E-state index contributed by atoms with van der Waals surface area (Å²) >= 11 is 9.38. The van der Waals surface area contributed by atoms with Crippen LogP contribution in [0.15, 0.2) is 18.2 Å². The quantitative estimate of drug-likeness (QED) is 0.767. The van der Waals surface area contributed by atoms with Crippen LogP contribution < -0.4 is 0 Å². The lowest BCUT2D eigenvalue weighted by atomic mass is 10.2. The molecular weight excluding hydrogens is 292 g/mol. The first kappa shape index (κ1) is 12.3. The Morgan fingerprint density at radius 3 is 3.06 bits per heavy atom. The van der Waals surface area contributed by atoms with Gasteiger partial charge in [0.25, 0.3) is 0 Å². The average Bonchev–Trinajstić information content (AvgIpc) is 2.71. The molecule has 1 saturated heterocycles. The maximum absolute atomic E-state index is 13.6. The van der Waals surface area contributed by atoms with Crippen molar-refractivity contribution in [3.63, 3.8) is 0 Å². The van der Waals surface area contributed by atoms with Gasteiger partial charge in [-0.25, -0.2) is 4.39 Å². The van der Waals surface area contributed by atoms with Gasteiger partial charge in [0.15, 0.2) is 0 Å². The molecule has 0 N–H and O–H groups in total. The van der Waals surface area contributed by atoms with Crippen molar-refractivity contribution in [3.8, 4) is 0 Å². The minimum atomic E-state index is -0.162. The maximum Gasteiger partial charge on any atom is 0.127 e. The SMILES string of the molecule is Fc1ccc(Cl)cc1CN1CCCC1CBr. The molecule has 88 valence electrons. The standard InChI is InChI=1S/C12H14BrClFN/c13-7-11-2-1-5-16(11)8-9-6-10(14)3-4-12(9)15/h3-4,6,11H,1-2,5,7-8H2. The van der Waals surface area contributed by atoms with E-state index in [1.807, 2.05) is 0 Å². The van der Waals surface area contributed by atoms with E-state index in [0.29, 0.717) is 23.2 Å². The van der Waals surface area contributed by atoms with Crippen LogP contribution in [0, 0.1) is 5.82 Å². The molecule has 0 radical (unpaired) electrons. The van der Waals surface area contributed by atoms with Gasteiger partial charge >= 0.3 is 0 Å². The highest BCUT2D eigenvalue weighted by atomic mass is 79.9. The smallest absolute Gasteiger partial charge is 0.127 e. The molecule has 0 aromatic heterocycles. The van der Waals surface area contributed by atoms with Gasteiger partial charge in [-0.05, 0) is 37.6 Å². The lowest BCUT2D eigenvalue weighted by Gasteiger charge is -2.22. The average molecular weight is 307 g/mol. The van der Waals surface area contributed by atoms with Crippen molar-refractivity contribution < 1.29 is 4.39 Å². The van der Waals surface area contributed by atoms with Crippen molar-refractivity contribution in [3.05, 3.63) is 34.6 Å². The number of halogens is 3. The molecule has 1 aromatic rings. The Morgan fingerprint density at radius 1 is 1.50 bits per heavy atom. The Kier molecular flexibility index (Phi) is 4.22. The van der Waals surface area contributed by atoms with E-state index in [4.69, 9.17) is 11.6 Å². The van der Waals surface area contributed by atoms with Gasteiger partial charge in [0, 0.05) is 28.5 Å². The Morgan fingerprint density at radius 2 is 2.31 bits per heavy atom. The van der Waals surface area contributed by atoms with Gasteiger partial charge < -0.3 is 0 Å². The Labute approximate surface area is 109 Å². The topological polar surface area (TPSA) is 3.24 Å². The molecule has 2 rings (SSSR count). The number of rotatable bonds is 3. The summed E-state index contributed by atoms with van der Waals surface area (Å²) < 4.78 is 13.6. The van der Waals surface area contributed by atoms with Gasteiger partial charge in [0.1, 0.15) is 5.82 Å². The van der Waals surface area contributed by atoms with Crippen molar-refractivity contribution >= 4 is 27.5 Å². The van der Waals surface area contributed by atoms with Crippen LogP contribution in [0.3, 0.4) is 0 Å². The fraction of sp³-hybridized carbons (Fsp3) is 0.500. The van der Waals surface area contributed by atoms with E-state index in [2.05, 4.69) is 20.8 Å². The van der Waals surface area contributed by atoms with E-state index in [1.54, 1.807) is 12.1 Å². The van der Waals surface area contributed by atoms with Crippen LogP contribution in [0.1, 0.15) is 18.4 Å². The van der Waals surface area contributed by atoms with Crippen LogP contribution in [0.4, 0.5) is 4.39 Å². The fourth-order valence-corrected chi connectivity index (χ4v) is 3.09. The summed E-state index contributed by atoms with van der Waals surface area (Å²) in [5.74, 6) is -0.162. The predicted octanol–water partition coefficient (Wildman–Crippen LogP) is 3.84. The molecule has 1 heterocycles. The van der Waals surface area contributed by atoms with E-state index < -0.39 is 0 Å². The number of benzene rings is 1. The van der Waals surface area contributed by atoms with Crippen LogP contribution >= 0.6 is 27.5 Å². The summed E-state index contributed by atoms with van der Waals surface area (Å²) in [6.07, 6.45) is 2.38. The van der Waals surface area contributed by atoms with Gasteiger partial charge in [-0.2, -0.15) is 0 Å². The summed E-state index contributed by atoms with van der Waals surface area (Å²) in [5.41, 5.74) is 0.695. The molecule has 1 nitrogen and oxygen atoms in total. The predicted molar refractivity (Wildman–Crippen MR) is 68.6 cm³/mol. The number of likely N-dealkylation sites (tertiary alicyclic amines) is 1. The molecule has 0 aliphatic carbocycles. The van der Waals surface area contributed by atoms with Crippen LogP contribution in [-0.4, -0.2) is 22.8 Å². The summed E-state index contributed by atoms with van der Waals surface area (Å²) in [4.78, 5) is 2.31. The highest BCUT2D eigenvalue weighted by Gasteiger charge is 2.24. The van der Waals surface area contributed by atoms with Crippen LogP contribution in [0.2, 0.25) is 5.02 Å². The molecule has 1 aromatic carbocycles. The number of hydrogen-bond donors (Lipinski definition) is 0. The molecule has 1 fully saturated rings. The first-order valence-corrected chi connectivity index (χ1v) is 6.94. The first-order chi connectivity index (χ1) is 7.70. The largest absolute Gasteiger partial charge is 0.295 e. The van der Waals surface area contributed by atoms with E-state index >= 15 is 0 Å². The van der Waals surface area contributed by atoms with Crippen LogP contribution in [0.5, 0.6) is 0 Å². The minimum absolute atomic E-state index is 0.162. The number of hydrogen-bond acceptors (Lipinski definition) is 1. The lowest BCUT2D eigenvalue weighted by molar-refractivity contribution is 0.261. The second kappa shape index (κ2) is 5.48. The third-order valence-electron chi connectivity index (χ3n) is 3.06. The van der Waals surface area contributed by atoms with Gasteiger partial charge in [0.2, 0.25) is 0 Å². The highest BCUT2D eigenvalue weighted by molar-refractivity contribution is 9.09. The summed E-state index contributed by atoms with van der Waals surface area (Å²) in [6, 6.07) is 5.28. The Hall–Kier alpha value is -0.120. The number of nitrogens with zero attached hydrogens (tertiary/aromatic N) is 1. The van der Waals surface area contributed by atoms with Gasteiger partial charge in [0.05, 0.1) is 0 Å². The van der Waals surface area contributed by atoms with E-state index in [9.17, 15) is 4.39 Å². The molecule has 0 amide bonds. The molecule has 0 spiro atoms. The van der Waals surface area contributed by atoms with Crippen molar-refractivity contribution in [2.24, 2.45) is 0 Å². The molecule has 1 aliphatic heterocycles.